The molecule has 0 aliphatic carbocycles. The summed E-state index contributed by atoms with van der Waals surface area (Å²) in [6.45, 7) is 7.73. The van der Waals surface area contributed by atoms with Gasteiger partial charge < -0.3 is 15.5 Å². The van der Waals surface area contributed by atoms with Crippen molar-refractivity contribution in [3.8, 4) is 0 Å². The summed E-state index contributed by atoms with van der Waals surface area (Å²) >= 11 is 0. The van der Waals surface area contributed by atoms with Crippen LogP contribution >= 0.6 is 0 Å². The number of nitrogens with zero attached hydrogens (tertiary/aromatic N) is 1. The van der Waals surface area contributed by atoms with E-state index < -0.39 is 10.0 Å². The lowest BCUT2D eigenvalue weighted by molar-refractivity contribution is -0.881. The second kappa shape index (κ2) is 9.99. The first kappa shape index (κ1) is 22.3. The molecule has 1 heterocycles. The molecule has 1 aromatic rings. The maximum absolute atomic E-state index is 12.7. The Balaban J connectivity index is 1.99. The summed E-state index contributed by atoms with van der Waals surface area (Å²) in [5.41, 5.74) is 0.437. The van der Waals surface area contributed by atoms with Crippen molar-refractivity contribution >= 4 is 27.5 Å². The molecule has 1 unspecified atom stereocenters. The van der Waals surface area contributed by atoms with Gasteiger partial charge in [0.2, 0.25) is 10.0 Å². The first-order chi connectivity index (χ1) is 13.2. The first-order valence-corrected chi connectivity index (χ1v) is 11.2. The van der Waals surface area contributed by atoms with Crippen LogP contribution in [0.3, 0.4) is 0 Å². The summed E-state index contributed by atoms with van der Waals surface area (Å²) in [7, 11) is -3.53. The van der Waals surface area contributed by atoms with E-state index in [0.29, 0.717) is 25.3 Å². The molecule has 0 bridgehead atoms. The van der Waals surface area contributed by atoms with Crippen LogP contribution in [0.1, 0.15) is 33.6 Å². The molecule has 0 aromatic heterocycles. The molecular formula is C19H31N4O4S+. The quantitative estimate of drug-likeness (QED) is 0.526. The minimum atomic E-state index is -3.53. The Hall–Kier alpha value is -1.97. The summed E-state index contributed by atoms with van der Waals surface area (Å²) in [4.78, 5) is 25.3. The van der Waals surface area contributed by atoms with Crippen LogP contribution in [0, 0.1) is 0 Å². The molecule has 1 atom stereocenters. The second-order valence-corrected chi connectivity index (χ2v) is 9.30. The highest BCUT2D eigenvalue weighted by atomic mass is 32.2. The van der Waals surface area contributed by atoms with Crippen molar-refractivity contribution in [1.82, 2.24) is 9.62 Å². The molecule has 0 saturated carbocycles. The standard InChI is InChI=1S/C19H30N4O4S/c1-4-22(13-18(24)20-15(2)3)14-19(25)21-16-8-7-9-17(12-16)28(26,27)23-10-5-6-11-23/h7-9,12,15H,4-6,10-11,13-14H2,1-3H3,(H,20,24)(H,21,25)/p+1. The Morgan fingerprint density at radius 1 is 1.14 bits per heavy atom. The van der Waals surface area contributed by atoms with E-state index >= 15 is 0 Å². The minimum Gasteiger partial charge on any atom is -0.349 e. The summed E-state index contributed by atoms with van der Waals surface area (Å²) in [5, 5.41) is 5.57. The van der Waals surface area contributed by atoms with Gasteiger partial charge in [0.15, 0.2) is 13.1 Å². The van der Waals surface area contributed by atoms with Crippen molar-refractivity contribution in [3.63, 3.8) is 0 Å². The van der Waals surface area contributed by atoms with Gasteiger partial charge in [-0.25, -0.2) is 8.42 Å². The molecule has 1 fully saturated rings. The van der Waals surface area contributed by atoms with Gasteiger partial charge in [0, 0.05) is 24.8 Å². The molecule has 2 rings (SSSR count). The van der Waals surface area contributed by atoms with Gasteiger partial charge in [-0.1, -0.05) is 6.07 Å². The molecule has 3 N–H and O–H groups in total. The van der Waals surface area contributed by atoms with Crippen molar-refractivity contribution in [3.05, 3.63) is 24.3 Å². The zero-order valence-electron chi connectivity index (χ0n) is 16.8. The van der Waals surface area contributed by atoms with Gasteiger partial charge in [0.05, 0.1) is 11.4 Å². The molecule has 8 nitrogen and oxygen atoms in total. The number of likely N-dealkylation sites (N-methyl/N-ethyl adjacent to an activating group) is 1. The van der Waals surface area contributed by atoms with Gasteiger partial charge >= 0.3 is 0 Å². The molecule has 2 amide bonds. The number of carbonyl (C=O) groups excluding carboxylic acids is 2. The van der Waals surface area contributed by atoms with E-state index in [1.165, 1.54) is 10.4 Å². The maximum atomic E-state index is 12.7. The Labute approximate surface area is 167 Å². The first-order valence-electron chi connectivity index (χ1n) is 9.75. The third-order valence-corrected chi connectivity index (χ3v) is 6.49. The largest absolute Gasteiger partial charge is 0.349 e. The van der Waals surface area contributed by atoms with E-state index in [1.807, 2.05) is 20.8 Å². The van der Waals surface area contributed by atoms with Crippen LogP contribution in [0.4, 0.5) is 5.69 Å². The minimum absolute atomic E-state index is 0.0553. The number of hydrogen-bond acceptors (Lipinski definition) is 4. The Kier molecular flexibility index (Phi) is 7.97. The van der Waals surface area contributed by atoms with Crippen molar-refractivity contribution in [1.29, 1.82) is 0 Å². The molecule has 28 heavy (non-hydrogen) atoms. The third-order valence-electron chi connectivity index (χ3n) is 4.59. The predicted molar refractivity (Wildman–Crippen MR) is 108 cm³/mol. The number of rotatable bonds is 9. The molecular weight excluding hydrogens is 380 g/mol. The number of sulfonamides is 1. The topological polar surface area (TPSA) is 100 Å². The highest BCUT2D eigenvalue weighted by Crippen LogP contribution is 2.22. The van der Waals surface area contributed by atoms with E-state index in [1.54, 1.807) is 18.2 Å². The monoisotopic (exact) mass is 411 g/mol. The van der Waals surface area contributed by atoms with Gasteiger partial charge in [-0.3, -0.25) is 9.59 Å². The molecule has 9 heteroatoms. The van der Waals surface area contributed by atoms with Crippen LogP contribution < -0.4 is 15.5 Å². The molecule has 156 valence electrons. The van der Waals surface area contributed by atoms with E-state index in [-0.39, 0.29) is 35.8 Å². The second-order valence-electron chi connectivity index (χ2n) is 7.37. The predicted octanol–water partition coefficient (Wildman–Crippen LogP) is -0.161. The number of quaternary nitrogens is 1. The van der Waals surface area contributed by atoms with Gasteiger partial charge in [0.25, 0.3) is 11.8 Å². The van der Waals surface area contributed by atoms with Crippen molar-refractivity contribution < 1.29 is 22.9 Å². The lowest BCUT2D eigenvalue weighted by Crippen LogP contribution is -3.14. The fourth-order valence-electron chi connectivity index (χ4n) is 3.16. The van der Waals surface area contributed by atoms with Crippen LogP contribution in [0.15, 0.2) is 29.2 Å². The Morgan fingerprint density at radius 2 is 1.79 bits per heavy atom. The van der Waals surface area contributed by atoms with Crippen LogP contribution in [-0.4, -0.2) is 63.3 Å². The number of anilines is 1. The van der Waals surface area contributed by atoms with Crippen molar-refractivity contribution in [2.45, 2.75) is 44.6 Å². The lowest BCUT2D eigenvalue weighted by Gasteiger charge is -2.18. The number of nitrogens with one attached hydrogen (secondary N) is 3. The van der Waals surface area contributed by atoms with Gasteiger partial charge in [-0.05, 0) is 51.8 Å². The van der Waals surface area contributed by atoms with Crippen LogP contribution in [0.2, 0.25) is 0 Å². The van der Waals surface area contributed by atoms with Crippen molar-refractivity contribution in [2.24, 2.45) is 0 Å². The van der Waals surface area contributed by atoms with Crippen LogP contribution in [0.25, 0.3) is 0 Å². The highest BCUT2D eigenvalue weighted by molar-refractivity contribution is 7.89. The Bertz CT molecular complexity index is 789. The van der Waals surface area contributed by atoms with E-state index in [4.69, 9.17) is 0 Å². The molecule has 0 radical (unpaired) electrons. The number of hydrogen-bond donors (Lipinski definition) is 3. The molecule has 1 saturated heterocycles. The Morgan fingerprint density at radius 3 is 2.39 bits per heavy atom. The normalized spacial score (nSPS) is 16.1. The summed E-state index contributed by atoms with van der Waals surface area (Å²) < 4.78 is 26.8. The average molecular weight is 412 g/mol. The van der Waals surface area contributed by atoms with E-state index in [0.717, 1.165) is 17.7 Å². The average Bonchev–Trinajstić information content (AvgIpc) is 3.16. The lowest BCUT2D eigenvalue weighted by atomic mass is 10.3. The van der Waals surface area contributed by atoms with E-state index in [9.17, 15) is 18.0 Å². The van der Waals surface area contributed by atoms with Crippen LogP contribution in [0.5, 0.6) is 0 Å². The molecule has 0 spiro atoms. The fraction of sp³-hybridized carbons (Fsp3) is 0.579. The molecule has 1 aliphatic heterocycles. The summed E-state index contributed by atoms with van der Waals surface area (Å²) in [6, 6.07) is 6.38. The zero-order valence-corrected chi connectivity index (χ0v) is 17.6. The van der Waals surface area contributed by atoms with Crippen molar-refractivity contribution in [2.75, 3.05) is 38.0 Å². The summed E-state index contributed by atoms with van der Waals surface area (Å²) in [6.07, 6.45) is 1.74. The van der Waals surface area contributed by atoms with Gasteiger partial charge in [-0.2, -0.15) is 4.31 Å². The SMILES string of the molecule is CC[NH+](CC(=O)Nc1cccc(S(=O)(=O)N2CCCC2)c1)CC(=O)NC(C)C. The van der Waals surface area contributed by atoms with Crippen LogP contribution in [-0.2, 0) is 19.6 Å². The fourth-order valence-corrected chi connectivity index (χ4v) is 4.72. The van der Waals surface area contributed by atoms with E-state index in [2.05, 4.69) is 10.6 Å². The zero-order chi connectivity index (χ0) is 20.7. The maximum Gasteiger partial charge on any atom is 0.279 e. The third kappa shape index (κ3) is 6.29. The smallest absolute Gasteiger partial charge is 0.279 e. The highest BCUT2D eigenvalue weighted by Gasteiger charge is 2.27. The van der Waals surface area contributed by atoms with Gasteiger partial charge in [0.1, 0.15) is 0 Å². The number of amides is 2. The summed E-state index contributed by atoms with van der Waals surface area (Å²) in [5.74, 6) is -0.358. The van der Waals surface area contributed by atoms with Gasteiger partial charge in [-0.15, -0.1) is 0 Å². The number of carbonyl (C=O) groups is 2. The molecule has 1 aromatic carbocycles. The number of benzene rings is 1. The molecule has 1 aliphatic rings.